The number of ether oxygens (including phenoxy) is 1. The zero-order valence-electron chi connectivity index (χ0n) is 11.7. The number of nitrogens with zero attached hydrogens (tertiary/aromatic N) is 3. The summed E-state index contributed by atoms with van der Waals surface area (Å²) in [5.74, 6) is 1.30. The maximum atomic E-state index is 6.05. The topological polar surface area (TPSA) is 66.0 Å². The van der Waals surface area contributed by atoms with Crippen LogP contribution in [0.25, 0.3) is 11.0 Å². The Labute approximate surface area is 112 Å². The molecule has 2 aromatic rings. The molecule has 1 unspecified atom stereocenters. The number of aromatic nitrogens is 3. The van der Waals surface area contributed by atoms with Gasteiger partial charge in [0.25, 0.3) is 0 Å². The van der Waals surface area contributed by atoms with E-state index in [1.165, 1.54) is 11.3 Å². The number of hydrogen-bond donors (Lipinski definition) is 1. The maximum Gasteiger partial charge on any atom is 0.146 e. The molecule has 0 saturated carbocycles. The van der Waals surface area contributed by atoms with Crippen LogP contribution in [0, 0.1) is 20.8 Å². The number of nitrogen functional groups attached to an aromatic ring is 1. The predicted molar refractivity (Wildman–Crippen MR) is 75.1 cm³/mol. The number of hydrogen-bond acceptors (Lipinski definition) is 4. The molecule has 5 nitrogen and oxygen atoms in total. The fourth-order valence-corrected chi connectivity index (χ4v) is 2.89. The van der Waals surface area contributed by atoms with Crippen LogP contribution < -0.4 is 5.73 Å². The number of aryl methyl sites for hydroxylation is 2. The van der Waals surface area contributed by atoms with Crippen molar-refractivity contribution in [3.05, 3.63) is 17.1 Å². The van der Waals surface area contributed by atoms with Crippen LogP contribution in [-0.4, -0.2) is 27.2 Å². The molecule has 5 heteroatoms. The Morgan fingerprint density at radius 1 is 1.32 bits per heavy atom. The lowest BCUT2D eigenvalue weighted by Crippen LogP contribution is -2.16. The summed E-state index contributed by atoms with van der Waals surface area (Å²) in [6.45, 7) is 7.80. The molecule has 1 atom stereocenters. The van der Waals surface area contributed by atoms with Gasteiger partial charge in [-0.1, -0.05) is 0 Å². The lowest BCUT2D eigenvalue weighted by Gasteiger charge is -2.13. The summed E-state index contributed by atoms with van der Waals surface area (Å²) < 4.78 is 7.96. The largest absolute Gasteiger partial charge is 0.383 e. The third-order valence-electron chi connectivity index (χ3n) is 4.02. The van der Waals surface area contributed by atoms with Crippen molar-refractivity contribution in [3.8, 4) is 0 Å². The van der Waals surface area contributed by atoms with Crippen LogP contribution >= 0.6 is 0 Å². The Bertz CT molecular complexity index is 626. The fraction of sp³-hybridized carbons (Fsp3) is 0.571. The molecule has 1 fully saturated rings. The van der Waals surface area contributed by atoms with Crippen molar-refractivity contribution in [1.82, 2.24) is 14.5 Å². The zero-order chi connectivity index (χ0) is 13.6. The summed E-state index contributed by atoms with van der Waals surface area (Å²) >= 11 is 0. The number of rotatable bonds is 2. The highest BCUT2D eigenvalue weighted by atomic mass is 16.5. The molecule has 19 heavy (non-hydrogen) atoms. The molecule has 1 aliphatic rings. The van der Waals surface area contributed by atoms with E-state index in [1.807, 2.05) is 6.92 Å². The first-order valence-corrected chi connectivity index (χ1v) is 6.79. The molecule has 1 aliphatic heterocycles. The van der Waals surface area contributed by atoms with Gasteiger partial charge in [0, 0.05) is 12.3 Å². The highest BCUT2D eigenvalue weighted by Crippen LogP contribution is 2.29. The number of anilines is 1. The molecule has 0 amide bonds. The van der Waals surface area contributed by atoms with Crippen LogP contribution in [0.1, 0.15) is 29.9 Å². The Morgan fingerprint density at radius 3 is 2.79 bits per heavy atom. The van der Waals surface area contributed by atoms with Crippen molar-refractivity contribution in [2.45, 2.75) is 46.3 Å². The van der Waals surface area contributed by atoms with Gasteiger partial charge in [0.1, 0.15) is 17.3 Å². The molecule has 102 valence electrons. The first-order valence-electron chi connectivity index (χ1n) is 6.79. The normalized spacial score (nSPS) is 19.4. The lowest BCUT2D eigenvalue weighted by molar-refractivity contribution is 0.0974. The minimum Gasteiger partial charge on any atom is -0.383 e. The van der Waals surface area contributed by atoms with Crippen molar-refractivity contribution in [2.24, 2.45) is 0 Å². The molecule has 0 bridgehead atoms. The molecule has 0 aliphatic carbocycles. The van der Waals surface area contributed by atoms with Gasteiger partial charge >= 0.3 is 0 Å². The maximum absolute atomic E-state index is 6.05. The highest BCUT2D eigenvalue weighted by molar-refractivity contribution is 5.91. The van der Waals surface area contributed by atoms with Gasteiger partial charge in [-0.05, 0) is 39.2 Å². The summed E-state index contributed by atoms with van der Waals surface area (Å²) in [6, 6.07) is 0. The van der Waals surface area contributed by atoms with Gasteiger partial charge in [-0.3, -0.25) is 0 Å². The van der Waals surface area contributed by atoms with Crippen molar-refractivity contribution in [2.75, 3.05) is 12.3 Å². The number of nitrogens with two attached hydrogens (primary N) is 1. The van der Waals surface area contributed by atoms with E-state index < -0.39 is 0 Å². The molecule has 3 heterocycles. The Kier molecular flexibility index (Phi) is 2.93. The molecule has 1 saturated heterocycles. The highest BCUT2D eigenvalue weighted by Gasteiger charge is 2.21. The SMILES string of the molecule is Cc1nc(N)c2c(C)c(C)n(CC3CCCO3)c2n1. The molecular formula is C14H20N4O. The van der Waals surface area contributed by atoms with Gasteiger partial charge in [0.2, 0.25) is 0 Å². The summed E-state index contributed by atoms with van der Waals surface area (Å²) in [4.78, 5) is 8.85. The van der Waals surface area contributed by atoms with Crippen molar-refractivity contribution >= 4 is 16.9 Å². The predicted octanol–water partition coefficient (Wildman–Crippen LogP) is 2.12. The Balaban J connectivity index is 2.14. The van der Waals surface area contributed by atoms with Crippen LogP contribution in [0.15, 0.2) is 0 Å². The minimum atomic E-state index is 0.296. The first-order chi connectivity index (χ1) is 9.08. The minimum absolute atomic E-state index is 0.296. The van der Waals surface area contributed by atoms with Gasteiger partial charge in [-0.2, -0.15) is 0 Å². The second-order valence-electron chi connectivity index (χ2n) is 5.31. The second-order valence-corrected chi connectivity index (χ2v) is 5.31. The van der Waals surface area contributed by atoms with Crippen molar-refractivity contribution in [1.29, 1.82) is 0 Å². The van der Waals surface area contributed by atoms with E-state index >= 15 is 0 Å². The van der Waals surface area contributed by atoms with Crippen LogP contribution in [0.5, 0.6) is 0 Å². The average Bonchev–Trinajstić information content (AvgIpc) is 2.93. The van der Waals surface area contributed by atoms with Crippen molar-refractivity contribution in [3.63, 3.8) is 0 Å². The summed E-state index contributed by atoms with van der Waals surface area (Å²) in [6.07, 6.45) is 2.57. The van der Waals surface area contributed by atoms with Crippen LogP contribution in [-0.2, 0) is 11.3 Å². The number of fused-ring (bicyclic) bond motifs is 1. The monoisotopic (exact) mass is 260 g/mol. The molecule has 0 aromatic carbocycles. The molecule has 3 rings (SSSR count). The third kappa shape index (κ3) is 1.98. The standard InChI is InChI=1S/C14H20N4O/c1-8-9(2)18(7-11-5-4-6-19-11)14-12(8)13(15)16-10(3)17-14/h11H,4-7H2,1-3H3,(H2,15,16,17). The average molecular weight is 260 g/mol. The van der Waals surface area contributed by atoms with Crippen molar-refractivity contribution < 1.29 is 4.74 Å². The van der Waals surface area contributed by atoms with E-state index in [4.69, 9.17) is 10.5 Å². The van der Waals surface area contributed by atoms with E-state index in [2.05, 4.69) is 28.4 Å². The second kappa shape index (κ2) is 4.49. The van der Waals surface area contributed by atoms with Gasteiger partial charge in [-0.15, -0.1) is 0 Å². The smallest absolute Gasteiger partial charge is 0.146 e. The van der Waals surface area contributed by atoms with Crippen LogP contribution in [0.3, 0.4) is 0 Å². The van der Waals surface area contributed by atoms with E-state index in [-0.39, 0.29) is 0 Å². The summed E-state index contributed by atoms with van der Waals surface area (Å²) in [5, 5.41) is 0.987. The van der Waals surface area contributed by atoms with Crippen LogP contribution in [0.2, 0.25) is 0 Å². The van der Waals surface area contributed by atoms with Crippen LogP contribution in [0.4, 0.5) is 5.82 Å². The lowest BCUT2D eigenvalue weighted by atomic mass is 10.2. The third-order valence-corrected chi connectivity index (χ3v) is 4.02. The molecule has 0 spiro atoms. The van der Waals surface area contributed by atoms with Gasteiger partial charge in [0.15, 0.2) is 0 Å². The first kappa shape index (κ1) is 12.4. The van der Waals surface area contributed by atoms with Gasteiger partial charge in [-0.25, -0.2) is 9.97 Å². The van der Waals surface area contributed by atoms with E-state index in [9.17, 15) is 0 Å². The molecule has 2 aromatic heterocycles. The zero-order valence-corrected chi connectivity index (χ0v) is 11.7. The molecule has 2 N–H and O–H groups in total. The summed E-state index contributed by atoms with van der Waals surface area (Å²) in [7, 11) is 0. The molecular weight excluding hydrogens is 240 g/mol. The Morgan fingerprint density at radius 2 is 2.11 bits per heavy atom. The van der Waals surface area contributed by atoms with Gasteiger partial charge < -0.3 is 15.0 Å². The Hall–Kier alpha value is -1.62. The van der Waals surface area contributed by atoms with E-state index in [0.29, 0.717) is 11.9 Å². The van der Waals surface area contributed by atoms with E-state index in [1.54, 1.807) is 0 Å². The molecule has 0 radical (unpaired) electrons. The van der Waals surface area contributed by atoms with E-state index in [0.717, 1.165) is 42.9 Å². The quantitative estimate of drug-likeness (QED) is 0.898. The summed E-state index contributed by atoms with van der Waals surface area (Å²) in [5.41, 5.74) is 9.37. The fourth-order valence-electron chi connectivity index (χ4n) is 2.89. The van der Waals surface area contributed by atoms with Gasteiger partial charge in [0.05, 0.1) is 18.0 Å².